The zero-order valence-electron chi connectivity index (χ0n) is 14.6. The monoisotopic (exact) mass is 344 g/mol. The summed E-state index contributed by atoms with van der Waals surface area (Å²) in [5.41, 5.74) is 3.53. The second kappa shape index (κ2) is 7.71. The molecule has 0 fully saturated rings. The predicted octanol–water partition coefficient (Wildman–Crippen LogP) is 5.10. The van der Waals surface area contributed by atoms with Crippen LogP contribution in [0.1, 0.15) is 25.3 Å². The first kappa shape index (κ1) is 17.5. The quantitative estimate of drug-likeness (QED) is 0.500. The molecule has 0 aliphatic carbocycles. The van der Waals surface area contributed by atoms with Crippen molar-refractivity contribution in [3.05, 3.63) is 65.7 Å². The molecule has 1 aromatic heterocycles. The molecule has 2 aromatic carbocycles. The molecule has 0 radical (unpaired) electrons. The lowest BCUT2D eigenvalue weighted by Gasteiger charge is -2.11. The molecule has 3 aromatic rings. The van der Waals surface area contributed by atoms with Crippen molar-refractivity contribution < 1.29 is 9.90 Å². The van der Waals surface area contributed by atoms with Gasteiger partial charge in [-0.25, -0.2) is 4.79 Å². The highest BCUT2D eigenvalue weighted by atomic mass is 16.4. The van der Waals surface area contributed by atoms with Gasteiger partial charge in [0.05, 0.1) is 5.69 Å². The first-order chi connectivity index (χ1) is 12.7. The van der Waals surface area contributed by atoms with Gasteiger partial charge in [-0.15, -0.1) is 0 Å². The van der Waals surface area contributed by atoms with Gasteiger partial charge in [0, 0.05) is 23.0 Å². The van der Waals surface area contributed by atoms with Crippen LogP contribution in [-0.4, -0.2) is 15.6 Å². The first-order valence-electron chi connectivity index (χ1n) is 8.69. The minimum absolute atomic E-state index is 0.263. The second-order valence-corrected chi connectivity index (χ2v) is 6.13. The third-order valence-corrected chi connectivity index (χ3v) is 4.43. The summed E-state index contributed by atoms with van der Waals surface area (Å²) in [5.74, 6) is -1.21. The van der Waals surface area contributed by atoms with Gasteiger partial charge in [-0.1, -0.05) is 61.9 Å². The van der Waals surface area contributed by atoms with Crippen LogP contribution in [0.3, 0.4) is 0 Å². The summed E-state index contributed by atoms with van der Waals surface area (Å²) in [6.45, 7) is 2.98. The average molecular weight is 344 g/mol. The Morgan fingerprint density at radius 1 is 1.15 bits per heavy atom. The van der Waals surface area contributed by atoms with E-state index in [9.17, 15) is 15.2 Å². The van der Waals surface area contributed by atoms with Gasteiger partial charge in [-0.2, -0.15) is 5.26 Å². The summed E-state index contributed by atoms with van der Waals surface area (Å²) in [6.07, 6.45) is 3.58. The van der Waals surface area contributed by atoms with Crippen molar-refractivity contribution in [1.29, 1.82) is 5.26 Å². The molecule has 0 spiro atoms. The molecule has 0 unspecified atom stereocenters. The molecular formula is C22H20N2O2. The van der Waals surface area contributed by atoms with Gasteiger partial charge >= 0.3 is 5.97 Å². The Bertz CT molecular complexity index is 1010. The van der Waals surface area contributed by atoms with E-state index in [0.29, 0.717) is 0 Å². The van der Waals surface area contributed by atoms with Crippen LogP contribution in [0, 0.1) is 11.3 Å². The molecule has 130 valence electrons. The van der Waals surface area contributed by atoms with Crippen LogP contribution in [0.15, 0.2) is 60.2 Å². The van der Waals surface area contributed by atoms with Gasteiger partial charge in [-0.3, -0.25) is 0 Å². The molecule has 1 N–H and O–H groups in total. The highest BCUT2D eigenvalue weighted by molar-refractivity contribution is 6.04. The molecule has 0 aliphatic rings. The smallest absolute Gasteiger partial charge is 0.346 e. The number of aromatic nitrogens is 1. The second-order valence-electron chi connectivity index (χ2n) is 6.13. The lowest BCUT2D eigenvalue weighted by atomic mass is 10.0. The Balaban J connectivity index is 2.38. The van der Waals surface area contributed by atoms with Gasteiger partial charge in [0.15, 0.2) is 0 Å². The highest BCUT2D eigenvalue weighted by Crippen LogP contribution is 2.35. The molecule has 0 amide bonds. The average Bonchev–Trinajstić information content (AvgIpc) is 2.98. The van der Waals surface area contributed by atoms with E-state index in [2.05, 4.69) is 11.5 Å². The van der Waals surface area contributed by atoms with E-state index in [1.165, 1.54) is 6.08 Å². The zero-order valence-corrected chi connectivity index (χ0v) is 14.6. The van der Waals surface area contributed by atoms with Crippen LogP contribution < -0.4 is 0 Å². The summed E-state index contributed by atoms with van der Waals surface area (Å²) in [6, 6.07) is 19.7. The number of nitrogens with zero attached hydrogens (tertiary/aromatic N) is 2. The van der Waals surface area contributed by atoms with Crippen LogP contribution in [-0.2, 0) is 11.3 Å². The van der Waals surface area contributed by atoms with Crippen molar-refractivity contribution in [2.45, 2.75) is 26.3 Å². The fraction of sp³-hybridized carbons (Fsp3) is 0.182. The number of aryl methyl sites for hydroxylation is 1. The standard InChI is InChI=1S/C22H20N2O2/c1-2-3-13-24-20-12-8-7-11-18(20)19(14-17(15-23)22(25)26)21(24)16-9-5-4-6-10-16/h4-12,14H,2-3,13H2,1H3,(H,25,26). The Morgan fingerprint density at radius 3 is 2.50 bits per heavy atom. The molecule has 4 heteroatoms. The molecule has 3 rings (SSSR count). The van der Waals surface area contributed by atoms with Crippen molar-refractivity contribution >= 4 is 22.9 Å². The normalized spacial score (nSPS) is 11.5. The minimum atomic E-state index is -1.21. The molecule has 1 heterocycles. The number of para-hydroxylation sites is 1. The summed E-state index contributed by atoms with van der Waals surface area (Å²) in [5, 5.41) is 19.5. The van der Waals surface area contributed by atoms with Crippen molar-refractivity contribution in [1.82, 2.24) is 4.57 Å². The number of aliphatic carboxylic acids is 1. The van der Waals surface area contributed by atoms with E-state index >= 15 is 0 Å². The SMILES string of the molecule is CCCCn1c(-c2ccccc2)c(C=C(C#N)C(=O)O)c2ccccc21. The number of unbranched alkanes of at least 4 members (excludes halogenated alkanes) is 1. The Hall–Kier alpha value is -3.32. The molecule has 4 nitrogen and oxygen atoms in total. The molecule has 0 saturated heterocycles. The topological polar surface area (TPSA) is 66.0 Å². The van der Waals surface area contributed by atoms with Crippen molar-refractivity contribution in [3.63, 3.8) is 0 Å². The number of hydrogen-bond acceptors (Lipinski definition) is 2. The van der Waals surface area contributed by atoms with E-state index < -0.39 is 5.97 Å². The van der Waals surface area contributed by atoms with Gasteiger partial charge in [0.2, 0.25) is 0 Å². The molecule has 0 bridgehead atoms. The largest absolute Gasteiger partial charge is 0.477 e. The summed E-state index contributed by atoms with van der Waals surface area (Å²) < 4.78 is 2.23. The fourth-order valence-electron chi connectivity index (χ4n) is 3.22. The third kappa shape index (κ3) is 3.25. The van der Waals surface area contributed by atoms with Crippen molar-refractivity contribution in [3.8, 4) is 17.3 Å². The Labute approximate surface area is 152 Å². The van der Waals surface area contributed by atoms with Crippen LogP contribution >= 0.6 is 0 Å². The number of hydrogen-bond donors (Lipinski definition) is 1. The van der Waals surface area contributed by atoms with Gasteiger partial charge in [0.25, 0.3) is 0 Å². The van der Waals surface area contributed by atoms with Gasteiger partial charge < -0.3 is 9.67 Å². The van der Waals surface area contributed by atoms with E-state index in [0.717, 1.165) is 47.1 Å². The number of carboxylic acid groups (broad SMARTS) is 1. The minimum Gasteiger partial charge on any atom is -0.477 e. The predicted molar refractivity (Wildman–Crippen MR) is 104 cm³/mol. The number of carboxylic acids is 1. The van der Waals surface area contributed by atoms with Crippen LogP contribution in [0.5, 0.6) is 0 Å². The number of carbonyl (C=O) groups is 1. The Kier molecular flexibility index (Phi) is 5.19. The molecule has 0 aliphatic heterocycles. The number of benzene rings is 2. The summed E-state index contributed by atoms with van der Waals surface area (Å²) >= 11 is 0. The maximum Gasteiger partial charge on any atom is 0.346 e. The number of nitriles is 1. The maximum absolute atomic E-state index is 11.4. The van der Waals surface area contributed by atoms with Crippen LogP contribution in [0.25, 0.3) is 28.2 Å². The van der Waals surface area contributed by atoms with E-state index in [1.807, 2.05) is 54.6 Å². The molecule has 0 atom stereocenters. The van der Waals surface area contributed by atoms with E-state index in [-0.39, 0.29) is 5.57 Å². The van der Waals surface area contributed by atoms with Crippen molar-refractivity contribution in [2.75, 3.05) is 0 Å². The first-order valence-corrected chi connectivity index (χ1v) is 8.69. The summed E-state index contributed by atoms with van der Waals surface area (Å²) in [7, 11) is 0. The molecule has 26 heavy (non-hydrogen) atoms. The van der Waals surface area contributed by atoms with Crippen molar-refractivity contribution in [2.24, 2.45) is 0 Å². The van der Waals surface area contributed by atoms with Gasteiger partial charge in [-0.05, 0) is 24.1 Å². The van der Waals surface area contributed by atoms with Gasteiger partial charge in [0.1, 0.15) is 11.6 Å². The molecule has 0 saturated carbocycles. The Morgan fingerprint density at radius 2 is 1.85 bits per heavy atom. The lowest BCUT2D eigenvalue weighted by Crippen LogP contribution is -2.01. The molecular weight excluding hydrogens is 324 g/mol. The van der Waals surface area contributed by atoms with Crippen LogP contribution in [0.4, 0.5) is 0 Å². The van der Waals surface area contributed by atoms with E-state index in [4.69, 9.17) is 0 Å². The third-order valence-electron chi connectivity index (χ3n) is 4.43. The maximum atomic E-state index is 11.4. The summed E-state index contributed by atoms with van der Waals surface area (Å²) in [4.78, 5) is 11.4. The van der Waals surface area contributed by atoms with Crippen LogP contribution in [0.2, 0.25) is 0 Å². The zero-order chi connectivity index (χ0) is 18.5. The van der Waals surface area contributed by atoms with E-state index in [1.54, 1.807) is 6.07 Å². The number of fused-ring (bicyclic) bond motifs is 1. The number of rotatable bonds is 6. The highest BCUT2D eigenvalue weighted by Gasteiger charge is 2.18. The lowest BCUT2D eigenvalue weighted by molar-refractivity contribution is -0.132. The fourth-order valence-corrected chi connectivity index (χ4v) is 3.22.